The molecule has 0 aliphatic carbocycles. The molecule has 0 radical (unpaired) electrons. The molecule has 0 unspecified atom stereocenters. The Morgan fingerprint density at radius 1 is 1.14 bits per heavy atom. The van der Waals surface area contributed by atoms with Gasteiger partial charge in [-0.3, -0.25) is 0 Å². The molecule has 0 saturated carbocycles. The Balaban J connectivity index is 2.28. The molecule has 0 bridgehead atoms. The summed E-state index contributed by atoms with van der Waals surface area (Å²) in [5, 5.41) is 19.9. The topological polar surface area (TPSA) is 74.0 Å². The van der Waals surface area contributed by atoms with Gasteiger partial charge in [0.05, 0.1) is 5.56 Å². The van der Waals surface area contributed by atoms with Crippen LogP contribution in [-0.2, 0) is 0 Å². The van der Waals surface area contributed by atoms with Crippen molar-refractivity contribution in [1.82, 2.24) is 4.98 Å². The van der Waals surface area contributed by atoms with E-state index in [0.717, 1.165) is 21.9 Å². The van der Waals surface area contributed by atoms with E-state index < -0.39 is 5.97 Å². The summed E-state index contributed by atoms with van der Waals surface area (Å²) in [5.74, 6) is -0.959. The van der Waals surface area contributed by atoms with Crippen LogP contribution in [0.15, 0.2) is 54.7 Å². The van der Waals surface area contributed by atoms with Gasteiger partial charge in [0.15, 0.2) is 0 Å². The molecule has 3 aromatic rings. The predicted octanol–water partition coefficient (Wildman–Crippen LogP) is 3.47. The molecule has 2 aromatic carbocycles. The van der Waals surface area contributed by atoms with E-state index in [4.69, 9.17) is 10.4 Å². The van der Waals surface area contributed by atoms with Gasteiger partial charge in [-0.1, -0.05) is 24.3 Å². The third-order valence-corrected chi connectivity index (χ3v) is 3.31. The lowest BCUT2D eigenvalue weighted by Crippen LogP contribution is -1.95. The summed E-state index contributed by atoms with van der Waals surface area (Å²) < 4.78 is 0. The molecule has 0 atom stereocenters. The van der Waals surface area contributed by atoms with Crippen molar-refractivity contribution in [1.29, 1.82) is 5.26 Å². The van der Waals surface area contributed by atoms with Gasteiger partial charge in [0, 0.05) is 6.20 Å². The lowest BCUT2D eigenvalue weighted by atomic mass is 9.97. The molecule has 1 aromatic heterocycles. The summed E-state index contributed by atoms with van der Waals surface area (Å²) in [7, 11) is 0. The number of rotatable bonds is 2. The zero-order valence-electron chi connectivity index (χ0n) is 10.9. The fourth-order valence-electron chi connectivity index (χ4n) is 2.32. The number of hydrogen-bond acceptors (Lipinski definition) is 3. The summed E-state index contributed by atoms with van der Waals surface area (Å²) >= 11 is 0. The fourth-order valence-corrected chi connectivity index (χ4v) is 2.32. The summed E-state index contributed by atoms with van der Waals surface area (Å²) in [4.78, 5) is 15.1. The first-order valence-corrected chi connectivity index (χ1v) is 6.31. The minimum absolute atomic E-state index is 0.240. The Kier molecular flexibility index (Phi) is 3.09. The van der Waals surface area contributed by atoms with Crippen molar-refractivity contribution in [3.8, 4) is 17.2 Å². The van der Waals surface area contributed by atoms with Gasteiger partial charge in [0.2, 0.25) is 0 Å². The number of benzene rings is 2. The standard InChI is InChI=1S/C17H10N2O2/c18-10-14-8-12(6-7-19-14)15-3-1-2-11-4-5-13(17(20)21)9-16(11)15/h1-9H,(H,20,21). The molecule has 0 spiro atoms. The first kappa shape index (κ1) is 12.8. The van der Waals surface area contributed by atoms with Crippen LogP contribution in [0.1, 0.15) is 16.1 Å². The van der Waals surface area contributed by atoms with E-state index in [0.29, 0.717) is 5.69 Å². The van der Waals surface area contributed by atoms with Gasteiger partial charge in [-0.25, -0.2) is 9.78 Å². The molecule has 1 heterocycles. The largest absolute Gasteiger partial charge is 0.478 e. The summed E-state index contributed by atoms with van der Waals surface area (Å²) in [6, 6.07) is 16.3. The Labute approximate surface area is 120 Å². The van der Waals surface area contributed by atoms with E-state index in [-0.39, 0.29) is 5.56 Å². The number of hydrogen-bond donors (Lipinski definition) is 1. The average molecular weight is 274 g/mol. The number of carboxylic acid groups (broad SMARTS) is 1. The molecule has 21 heavy (non-hydrogen) atoms. The van der Waals surface area contributed by atoms with Gasteiger partial charge in [0.25, 0.3) is 0 Å². The maximum absolute atomic E-state index is 11.1. The Morgan fingerprint density at radius 2 is 2.00 bits per heavy atom. The molecule has 0 fully saturated rings. The van der Waals surface area contributed by atoms with Gasteiger partial charge in [-0.15, -0.1) is 0 Å². The van der Waals surface area contributed by atoms with E-state index in [1.807, 2.05) is 30.3 Å². The number of aromatic carboxylic acids is 1. The molecule has 4 heteroatoms. The number of carbonyl (C=O) groups is 1. The van der Waals surface area contributed by atoms with Gasteiger partial charge in [-0.05, 0) is 46.2 Å². The summed E-state index contributed by atoms with van der Waals surface area (Å²) in [6.07, 6.45) is 1.58. The molecule has 0 saturated heterocycles. The predicted molar refractivity (Wildman–Crippen MR) is 78.9 cm³/mol. The maximum Gasteiger partial charge on any atom is 0.335 e. The highest BCUT2D eigenvalue weighted by Gasteiger charge is 2.08. The Morgan fingerprint density at radius 3 is 2.76 bits per heavy atom. The number of nitriles is 1. The second-order valence-corrected chi connectivity index (χ2v) is 4.59. The Bertz CT molecular complexity index is 895. The zero-order chi connectivity index (χ0) is 14.8. The highest BCUT2D eigenvalue weighted by atomic mass is 16.4. The van der Waals surface area contributed by atoms with Gasteiger partial charge in [0.1, 0.15) is 11.8 Å². The van der Waals surface area contributed by atoms with Gasteiger partial charge in [-0.2, -0.15) is 5.26 Å². The molecule has 1 N–H and O–H groups in total. The van der Waals surface area contributed by atoms with Crippen LogP contribution in [0.5, 0.6) is 0 Å². The lowest BCUT2D eigenvalue weighted by molar-refractivity contribution is 0.0697. The van der Waals surface area contributed by atoms with Crippen molar-refractivity contribution < 1.29 is 9.90 Å². The summed E-state index contributed by atoms with van der Waals surface area (Å²) in [6.45, 7) is 0. The van der Waals surface area contributed by atoms with Crippen LogP contribution in [-0.4, -0.2) is 16.1 Å². The highest BCUT2D eigenvalue weighted by molar-refractivity contribution is 6.01. The minimum atomic E-state index is -0.959. The van der Waals surface area contributed by atoms with Crippen LogP contribution in [0.3, 0.4) is 0 Å². The van der Waals surface area contributed by atoms with Crippen molar-refractivity contribution in [3.05, 3.63) is 66.0 Å². The third-order valence-electron chi connectivity index (χ3n) is 3.31. The molecule has 0 aliphatic rings. The first-order valence-electron chi connectivity index (χ1n) is 6.31. The van der Waals surface area contributed by atoms with Crippen LogP contribution in [0.4, 0.5) is 0 Å². The second-order valence-electron chi connectivity index (χ2n) is 4.59. The van der Waals surface area contributed by atoms with Crippen molar-refractivity contribution in [2.45, 2.75) is 0 Å². The molecule has 4 nitrogen and oxygen atoms in total. The van der Waals surface area contributed by atoms with Crippen LogP contribution in [0, 0.1) is 11.3 Å². The molecule has 0 amide bonds. The number of pyridine rings is 1. The van der Waals surface area contributed by atoms with Crippen LogP contribution >= 0.6 is 0 Å². The van der Waals surface area contributed by atoms with E-state index in [2.05, 4.69) is 4.98 Å². The number of aromatic nitrogens is 1. The van der Waals surface area contributed by atoms with E-state index in [9.17, 15) is 4.79 Å². The van der Waals surface area contributed by atoms with E-state index in [1.54, 1.807) is 30.5 Å². The fraction of sp³-hybridized carbons (Fsp3) is 0. The molecular formula is C17H10N2O2. The van der Waals surface area contributed by atoms with Crippen molar-refractivity contribution >= 4 is 16.7 Å². The van der Waals surface area contributed by atoms with E-state index in [1.165, 1.54) is 0 Å². The van der Waals surface area contributed by atoms with Crippen LogP contribution in [0.25, 0.3) is 21.9 Å². The maximum atomic E-state index is 11.1. The van der Waals surface area contributed by atoms with Crippen molar-refractivity contribution in [2.24, 2.45) is 0 Å². The minimum Gasteiger partial charge on any atom is -0.478 e. The first-order chi connectivity index (χ1) is 10.2. The molecular weight excluding hydrogens is 264 g/mol. The SMILES string of the molecule is N#Cc1cc(-c2cccc3ccc(C(=O)O)cc23)ccn1. The highest BCUT2D eigenvalue weighted by Crippen LogP contribution is 2.29. The van der Waals surface area contributed by atoms with Gasteiger partial charge < -0.3 is 5.11 Å². The zero-order valence-corrected chi connectivity index (χ0v) is 10.9. The van der Waals surface area contributed by atoms with Crippen molar-refractivity contribution in [3.63, 3.8) is 0 Å². The smallest absolute Gasteiger partial charge is 0.335 e. The third kappa shape index (κ3) is 2.33. The lowest BCUT2D eigenvalue weighted by Gasteiger charge is -2.08. The summed E-state index contributed by atoms with van der Waals surface area (Å²) in [5.41, 5.74) is 2.30. The second kappa shape index (κ2) is 5.06. The van der Waals surface area contributed by atoms with Gasteiger partial charge >= 0.3 is 5.97 Å². The van der Waals surface area contributed by atoms with Crippen LogP contribution < -0.4 is 0 Å². The number of fused-ring (bicyclic) bond motifs is 1. The van der Waals surface area contributed by atoms with Crippen molar-refractivity contribution in [2.75, 3.05) is 0 Å². The van der Waals surface area contributed by atoms with Crippen LogP contribution in [0.2, 0.25) is 0 Å². The quantitative estimate of drug-likeness (QED) is 0.776. The number of carboxylic acids is 1. The molecule has 0 aliphatic heterocycles. The average Bonchev–Trinajstić information content (AvgIpc) is 2.53. The Hall–Kier alpha value is -3.19. The molecule has 100 valence electrons. The van der Waals surface area contributed by atoms with E-state index >= 15 is 0 Å². The normalized spacial score (nSPS) is 10.2. The number of nitrogens with zero attached hydrogens (tertiary/aromatic N) is 2. The molecule has 3 rings (SSSR count). The monoisotopic (exact) mass is 274 g/mol.